The Balaban J connectivity index is 1.54. The zero-order valence-corrected chi connectivity index (χ0v) is 10.6. The van der Waals surface area contributed by atoms with E-state index in [-0.39, 0.29) is 0 Å². The molecule has 2 N–H and O–H groups in total. The normalized spacial score (nSPS) is 25.7. The first kappa shape index (κ1) is 11.6. The Morgan fingerprint density at radius 3 is 2.67 bits per heavy atom. The zero-order chi connectivity index (χ0) is 12.5. The van der Waals surface area contributed by atoms with Crippen molar-refractivity contribution in [3.8, 4) is 0 Å². The van der Waals surface area contributed by atoms with Gasteiger partial charge in [0.05, 0.1) is 0 Å². The lowest BCUT2D eigenvalue weighted by atomic mass is 10.1. The van der Waals surface area contributed by atoms with Crippen LogP contribution in [0.15, 0.2) is 24.3 Å². The standard InChI is InChI=1S/C15H20N2O/c16-13-5-1-11(2-6-13)4-8-15(18)17-10-12-3-7-14(17)9-12/h1-2,5-6,12,14H,3-4,7-10,16H2. The Hall–Kier alpha value is -1.51. The van der Waals surface area contributed by atoms with E-state index in [1.807, 2.05) is 24.3 Å². The zero-order valence-electron chi connectivity index (χ0n) is 10.6. The number of nitrogen functional groups attached to an aromatic ring is 1. The molecule has 0 radical (unpaired) electrons. The molecule has 2 bridgehead atoms. The molecule has 2 unspecified atom stereocenters. The molecule has 1 aliphatic carbocycles. The maximum absolute atomic E-state index is 12.2. The van der Waals surface area contributed by atoms with E-state index in [1.165, 1.54) is 24.8 Å². The molecular formula is C15H20N2O. The van der Waals surface area contributed by atoms with E-state index in [1.54, 1.807) is 0 Å². The van der Waals surface area contributed by atoms with Crippen molar-refractivity contribution in [2.24, 2.45) is 5.92 Å². The number of benzene rings is 1. The van der Waals surface area contributed by atoms with Gasteiger partial charge in [-0.3, -0.25) is 4.79 Å². The number of amides is 1. The number of hydrogen-bond acceptors (Lipinski definition) is 2. The monoisotopic (exact) mass is 244 g/mol. The Kier molecular flexibility index (Phi) is 2.98. The molecule has 1 aromatic rings. The highest BCUT2D eigenvalue weighted by Gasteiger charge is 2.39. The highest BCUT2D eigenvalue weighted by Crippen LogP contribution is 2.37. The van der Waals surface area contributed by atoms with Crippen LogP contribution in [0.4, 0.5) is 5.69 Å². The number of rotatable bonds is 3. The van der Waals surface area contributed by atoms with E-state index in [2.05, 4.69) is 4.90 Å². The van der Waals surface area contributed by atoms with Crippen molar-refractivity contribution in [2.45, 2.75) is 38.1 Å². The molecule has 1 saturated heterocycles. The average Bonchev–Trinajstić information content (AvgIpc) is 3.00. The van der Waals surface area contributed by atoms with Crippen molar-refractivity contribution < 1.29 is 4.79 Å². The van der Waals surface area contributed by atoms with Crippen LogP contribution in [0.1, 0.15) is 31.2 Å². The fraction of sp³-hybridized carbons (Fsp3) is 0.533. The van der Waals surface area contributed by atoms with Crippen LogP contribution in [0, 0.1) is 5.92 Å². The maximum atomic E-state index is 12.2. The van der Waals surface area contributed by atoms with Gasteiger partial charge in [0.1, 0.15) is 0 Å². The van der Waals surface area contributed by atoms with Crippen LogP contribution in [0.25, 0.3) is 0 Å². The predicted molar refractivity (Wildman–Crippen MR) is 72.0 cm³/mol. The van der Waals surface area contributed by atoms with Crippen molar-refractivity contribution in [3.05, 3.63) is 29.8 Å². The lowest BCUT2D eigenvalue weighted by Gasteiger charge is -2.27. The number of nitrogens with two attached hydrogens (primary N) is 1. The van der Waals surface area contributed by atoms with Gasteiger partial charge in [-0.25, -0.2) is 0 Å². The third-order valence-electron chi connectivity index (χ3n) is 4.34. The quantitative estimate of drug-likeness (QED) is 0.829. The fourth-order valence-corrected chi connectivity index (χ4v) is 3.31. The first-order chi connectivity index (χ1) is 8.72. The van der Waals surface area contributed by atoms with Gasteiger partial charge in [-0.1, -0.05) is 12.1 Å². The van der Waals surface area contributed by atoms with Crippen LogP contribution in [-0.2, 0) is 11.2 Å². The fourth-order valence-electron chi connectivity index (χ4n) is 3.31. The van der Waals surface area contributed by atoms with Gasteiger partial charge >= 0.3 is 0 Å². The lowest BCUT2D eigenvalue weighted by Crippen LogP contribution is -2.37. The van der Waals surface area contributed by atoms with E-state index in [9.17, 15) is 4.79 Å². The highest BCUT2D eigenvalue weighted by molar-refractivity contribution is 5.77. The molecule has 1 saturated carbocycles. The number of anilines is 1. The van der Waals surface area contributed by atoms with Crippen molar-refractivity contribution in [2.75, 3.05) is 12.3 Å². The minimum atomic E-state index is 0.332. The molecule has 3 nitrogen and oxygen atoms in total. The summed E-state index contributed by atoms with van der Waals surface area (Å²) in [6.07, 6.45) is 5.25. The predicted octanol–water partition coefficient (Wildman–Crippen LogP) is 2.21. The summed E-state index contributed by atoms with van der Waals surface area (Å²) in [5, 5.41) is 0. The molecule has 0 aromatic heterocycles. The Morgan fingerprint density at radius 2 is 2.06 bits per heavy atom. The number of carbonyl (C=O) groups excluding carboxylic acids is 1. The van der Waals surface area contributed by atoms with Crippen molar-refractivity contribution in [1.82, 2.24) is 4.90 Å². The summed E-state index contributed by atoms with van der Waals surface area (Å²) in [6.45, 7) is 1.01. The van der Waals surface area contributed by atoms with Crippen LogP contribution in [-0.4, -0.2) is 23.4 Å². The molecule has 1 amide bonds. The number of piperidine rings is 1. The van der Waals surface area contributed by atoms with E-state index in [0.717, 1.165) is 24.6 Å². The van der Waals surface area contributed by atoms with E-state index >= 15 is 0 Å². The molecule has 0 spiro atoms. The van der Waals surface area contributed by atoms with Crippen LogP contribution in [0.3, 0.4) is 0 Å². The first-order valence-corrected chi connectivity index (χ1v) is 6.86. The molecule has 18 heavy (non-hydrogen) atoms. The maximum Gasteiger partial charge on any atom is 0.223 e. The lowest BCUT2D eigenvalue weighted by molar-refractivity contribution is -0.132. The van der Waals surface area contributed by atoms with Gasteiger partial charge in [-0.05, 0) is 49.3 Å². The molecule has 96 valence electrons. The van der Waals surface area contributed by atoms with Gasteiger partial charge in [-0.2, -0.15) is 0 Å². The number of nitrogens with zero attached hydrogens (tertiary/aromatic N) is 1. The van der Waals surface area contributed by atoms with E-state index in [0.29, 0.717) is 18.4 Å². The van der Waals surface area contributed by atoms with Crippen molar-refractivity contribution in [1.29, 1.82) is 0 Å². The minimum Gasteiger partial charge on any atom is -0.399 e. The second kappa shape index (κ2) is 4.63. The van der Waals surface area contributed by atoms with Crippen LogP contribution < -0.4 is 5.73 Å². The van der Waals surface area contributed by atoms with Crippen LogP contribution in [0.5, 0.6) is 0 Å². The first-order valence-electron chi connectivity index (χ1n) is 6.86. The van der Waals surface area contributed by atoms with Crippen LogP contribution >= 0.6 is 0 Å². The number of aryl methyl sites for hydroxylation is 1. The van der Waals surface area contributed by atoms with E-state index < -0.39 is 0 Å². The topological polar surface area (TPSA) is 46.3 Å². The van der Waals surface area contributed by atoms with Gasteiger partial charge in [0.15, 0.2) is 0 Å². The molecule has 1 heterocycles. The number of fused-ring (bicyclic) bond motifs is 2. The van der Waals surface area contributed by atoms with Gasteiger partial charge < -0.3 is 10.6 Å². The summed E-state index contributed by atoms with van der Waals surface area (Å²) >= 11 is 0. The SMILES string of the molecule is Nc1ccc(CCC(=O)N2CC3CCC2C3)cc1. The second-order valence-corrected chi connectivity index (χ2v) is 5.62. The van der Waals surface area contributed by atoms with Gasteiger partial charge in [0, 0.05) is 24.7 Å². The summed E-state index contributed by atoms with van der Waals surface area (Å²) in [6, 6.07) is 8.38. The Bertz CT molecular complexity index is 440. The summed E-state index contributed by atoms with van der Waals surface area (Å²) in [5.74, 6) is 1.12. The summed E-state index contributed by atoms with van der Waals surface area (Å²) in [7, 11) is 0. The summed E-state index contributed by atoms with van der Waals surface area (Å²) in [5.41, 5.74) is 7.62. The third kappa shape index (κ3) is 2.22. The summed E-state index contributed by atoms with van der Waals surface area (Å²) < 4.78 is 0. The smallest absolute Gasteiger partial charge is 0.223 e. The third-order valence-corrected chi connectivity index (χ3v) is 4.34. The average molecular weight is 244 g/mol. The second-order valence-electron chi connectivity index (χ2n) is 5.62. The van der Waals surface area contributed by atoms with Crippen LogP contribution in [0.2, 0.25) is 0 Å². The number of likely N-dealkylation sites (tertiary alicyclic amines) is 1. The number of hydrogen-bond donors (Lipinski definition) is 1. The minimum absolute atomic E-state index is 0.332. The molecule has 3 heteroatoms. The van der Waals surface area contributed by atoms with Crippen molar-refractivity contribution >= 4 is 11.6 Å². The summed E-state index contributed by atoms with van der Waals surface area (Å²) in [4.78, 5) is 14.3. The molecule has 3 rings (SSSR count). The molecule has 2 fully saturated rings. The van der Waals surface area contributed by atoms with Gasteiger partial charge in [0.25, 0.3) is 0 Å². The van der Waals surface area contributed by atoms with Crippen molar-refractivity contribution in [3.63, 3.8) is 0 Å². The molecule has 2 aliphatic rings. The molecule has 1 aliphatic heterocycles. The highest BCUT2D eigenvalue weighted by atomic mass is 16.2. The van der Waals surface area contributed by atoms with E-state index in [4.69, 9.17) is 5.73 Å². The molecule has 1 aromatic carbocycles. The molecular weight excluding hydrogens is 224 g/mol. The van der Waals surface area contributed by atoms with Gasteiger partial charge in [-0.15, -0.1) is 0 Å². The van der Waals surface area contributed by atoms with Gasteiger partial charge in [0.2, 0.25) is 5.91 Å². The Morgan fingerprint density at radius 1 is 1.28 bits per heavy atom. The largest absolute Gasteiger partial charge is 0.399 e. The Labute approximate surface area is 108 Å². The number of carbonyl (C=O) groups is 1. The molecule has 2 atom stereocenters.